The Bertz CT molecular complexity index is 363. The van der Waals surface area contributed by atoms with Gasteiger partial charge in [-0.05, 0) is 32.4 Å². The highest BCUT2D eigenvalue weighted by atomic mass is 16.5. The number of nitrogens with zero attached hydrogens (tertiary/aromatic N) is 1. The molecule has 0 bridgehead atoms. The van der Waals surface area contributed by atoms with Crippen molar-refractivity contribution in [1.82, 2.24) is 0 Å². The molecule has 0 fully saturated rings. The van der Waals surface area contributed by atoms with Gasteiger partial charge < -0.3 is 15.4 Å². The highest BCUT2D eigenvalue weighted by Gasteiger charge is 2.18. The molecule has 3 nitrogen and oxygen atoms in total. The Labute approximate surface area is 105 Å². The van der Waals surface area contributed by atoms with Gasteiger partial charge in [0.25, 0.3) is 0 Å². The Morgan fingerprint density at radius 2 is 2.00 bits per heavy atom. The van der Waals surface area contributed by atoms with Gasteiger partial charge in [-0.3, -0.25) is 0 Å². The maximum atomic E-state index is 6.06. The fourth-order valence-electron chi connectivity index (χ4n) is 1.99. The zero-order chi connectivity index (χ0) is 13.0. The van der Waals surface area contributed by atoms with Crippen LogP contribution in [0.1, 0.15) is 38.8 Å². The predicted molar refractivity (Wildman–Crippen MR) is 73.8 cm³/mol. The molecule has 2 N–H and O–H groups in total. The average Bonchev–Trinajstić information content (AvgIpc) is 2.35. The third-order valence-corrected chi connectivity index (χ3v) is 3.35. The lowest BCUT2D eigenvalue weighted by molar-refractivity contribution is 0.406. The van der Waals surface area contributed by atoms with Gasteiger partial charge >= 0.3 is 0 Å². The van der Waals surface area contributed by atoms with Crippen LogP contribution in [0.25, 0.3) is 0 Å². The van der Waals surface area contributed by atoms with Crippen LogP contribution in [-0.2, 0) is 0 Å². The number of methoxy groups -OCH3 is 1. The molecule has 17 heavy (non-hydrogen) atoms. The third-order valence-electron chi connectivity index (χ3n) is 3.35. The Balaban J connectivity index is 3.22. The topological polar surface area (TPSA) is 38.5 Å². The number of anilines is 1. The van der Waals surface area contributed by atoms with E-state index in [1.807, 2.05) is 19.1 Å². The zero-order valence-electron chi connectivity index (χ0n) is 11.5. The number of nitrogens with two attached hydrogens (primary N) is 1. The smallest absolute Gasteiger partial charge is 0.125 e. The summed E-state index contributed by atoms with van der Waals surface area (Å²) in [5.41, 5.74) is 8.31. The Hall–Kier alpha value is -1.22. The molecule has 0 radical (unpaired) electrons. The van der Waals surface area contributed by atoms with Crippen molar-refractivity contribution in [2.45, 2.75) is 39.3 Å². The lowest BCUT2D eigenvalue weighted by Gasteiger charge is -2.30. The number of benzene rings is 1. The van der Waals surface area contributed by atoms with Crippen LogP contribution in [0.2, 0.25) is 0 Å². The molecule has 0 amide bonds. The quantitative estimate of drug-likeness (QED) is 0.854. The highest BCUT2D eigenvalue weighted by molar-refractivity contribution is 5.60. The second kappa shape index (κ2) is 5.92. The van der Waals surface area contributed by atoms with Gasteiger partial charge in [0, 0.05) is 30.4 Å². The largest absolute Gasteiger partial charge is 0.496 e. The first-order chi connectivity index (χ1) is 8.02. The summed E-state index contributed by atoms with van der Waals surface area (Å²) < 4.78 is 5.40. The minimum absolute atomic E-state index is 0.0346. The molecule has 0 saturated carbocycles. The summed E-state index contributed by atoms with van der Waals surface area (Å²) in [6, 6.07) is 6.53. The second-order valence-corrected chi connectivity index (χ2v) is 4.55. The normalized spacial score (nSPS) is 14.2. The Morgan fingerprint density at radius 3 is 2.47 bits per heavy atom. The van der Waals surface area contributed by atoms with Gasteiger partial charge in [0.05, 0.1) is 7.11 Å². The molecule has 1 unspecified atom stereocenters. The monoisotopic (exact) mass is 236 g/mol. The highest BCUT2D eigenvalue weighted by Crippen LogP contribution is 2.34. The van der Waals surface area contributed by atoms with Crippen molar-refractivity contribution in [3.05, 3.63) is 23.8 Å². The van der Waals surface area contributed by atoms with Crippen LogP contribution in [0.4, 0.5) is 5.69 Å². The van der Waals surface area contributed by atoms with Gasteiger partial charge in [0.2, 0.25) is 0 Å². The maximum Gasteiger partial charge on any atom is 0.125 e. The van der Waals surface area contributed by atoms with Gasteiger partial charge in [0.15, 0.2) is 0 Å². The van der Waals surface area contributed by atoms with Crippen molar-refractivity contribution in [2.24, 2.45) is 5.73 Å². The first-order valence-corrected chi connectivity index (χ1v) is 6.18. The van der Waals surface area contributed by atoms with E-state index in [0.717, 1.165) is 23.4 Å². The lowest BCUT2D eigenvalue weighted by Crippen LogP contribution is -2.29. The van der Waals surface area contributed by atoms with Crippen LogP contribution < -0.4 is 15.4 Å². The van der Waals surface area contributed by atoms with E-state index >= 15 is 0 Å². The Morgan fingerprint density at radius 1 is 1.35 bits per heavy atom. The summed E-state index contributed by atoms with van der Waals surface area (Å²) in [5, 5.41) is 0. The van der Waals surface area contributed by atoms with E-state index in [-0.39, 0.29) is 6.04 Å². The molecule has 1 rings (SSSR count). The molecule has 2 atom stereocenters. The molecule has 0 aliphatic heterocycles. The molecule has 0 heterocycles. The van der Waals surface area contributed by atoms with Gasteiger partial charge in [-0.1, -0.05) is 13.0 Å². The van der Waals surface area contributed by atoms with E-state index in [0.29, 0.717) is 6.04 Å². The molecule has 1 aromatic carbocycles. The van der Waals surface area contributed by atoms with Crippen molar-refractivity contribution in [2.75, 3.05) is 19.1 Å². The van der Waals surface area contributed by atoms with E-state index in [2.05, 4.69) is 31.9 Å². The van der Waals surface area contributed by atoms with E-state index in [1.54, 1.807) is 7.11 Å². The molecular weight excluding hydrogens is 212 g/mol. The second-order valence-electron chi connectivity index (χ2n) is 4.55. The van der Waals surface area contributed by atoms with Gasteiger partial charge in [-0.25, -0.2) is 0 Å². The van der Waals surface area contributed by atoms with E-state index in [9.17, 15) is 0 Å². The summed E-state index contributed by atoms with van der Waals surface area (Å²) in [5.74, 6) is 0.868. The van der Waals surface area contributed by atoms with Gasteiger partial charge in [0.1, 0.15) is 5.75 Å². The van der Waals surface area contributed by atoms with E-state index < -0.39 is 0 Å². The molecule has 96 valence electrons. The fourth-order valence-corrected chi connectivity index (χ4v) is 1.99. The van der Waals surface area contributed by atoms with Crippen molar-refractivity contribution in [1.29, 1.82) is 0 Å². The maximum absolute atomic E-state index is 6.06. The van der Waals surface area contributed by atoms with Crippen molar-refractivity contribution >= 4 is 5.69 Å². The standard InChI is InChI=1S/C14H24N2O/c1-6-10(2)16(4)12-8-7-9-13(17-5)14(12)11(3)15/h7-11H,6,15H2,1-5H3/t10?,11-/m1/s1. The third kappa shape index (κ3) is 2.91. The number of hydrogen-bond donors (Lipinski definition) is 1. The predicted octanol–water partition coefficient (Wildman–Crippen LogP) is 2.95. The van der Waals surface area contributed by atoms with Crippen LogP contribution in [0, 0.1) is 0 Å². The van der Waals surface area contributed by atoms with Crippen LogP contribution in [0.5, 0.6) is 5.75 Å². The molecule has 0 saturated heterocycles. The lowest BCUT2D eigenvalue weighted by atomic mass is 10.0. The van der Waals surface area contributed by atoms with Crippen LogP contribution in [0.15, 0.2) is 18.2 Å². The zero-order valence-corrected chi connectivity index (χ0v) is 11.5. The summed E-state index contributed by atoms with van der Waals surface area (Å²) in [6.45, 7) is 6.39. The fraction of sp³-hybridized carbons (Fsp3) is 0.571. The number of rotatable bonds is 5. The van der Waals surface area contributed by atoms with Crippen LogP contribution in [0.3, 0.4) is 0 Å². The Kier molecular flexibility index (Phi) is 4.82. The van der Waals surface area contributed by atoms with Crippen molar-refractivity contribution in [3.8, 4) is 5.75 Å². The van der Waals surface area contributed by atoms with Crippen molar-refractivity contribution in [3.63, 3.8) is 0 Å². The molecule has 0 aliphatic rings. The summed E-state index contributed by atoms with van der Waals surface area (Å²) in [4.78, 5) is 2.27. The molecule has 0 aromatic heterocycles. The summed E-state index contributed by atoms with van der Waals surface area (Å²) >= 11 is 0. The number of hydrogen-bond acceptors (Lipinski definition) is 3. The van der Waals surface area contributed by atoms with Gasteiger partial charge in [-0.15, -0.1) is 0 Å². The molecule has 1 aromatic rings. The summed E-state index contributed by atoms with van der Waals surface area (Å²) in [6.07, 6.45) is 1.10. The minimum Gasteiger partial charge on any atom is -0.496 e. The van der Waals surface area contributed by atoms with Crippen molar-refractivity contribution < 1.29 is 4.74 Å². The average molecular weight is 236 g/mol. The molecular formula is C14H24N2O. The van der Waals surface area contributed by atoms with Gasteiger partial charge in [-0.2, -0.15) is 0 Å². The first kappa shape index (κ1) is 13.8. The molecule has 0 aliphatic carbocycles. The van der Waals surface area contributed by atoms with Crippen LogP contribution >= 0.6 is 0 Å². The molecule has 0 spiro atoms. The number of ether oxygens (including phenoxy) is 1. The van der Waals surface area contributed by atoms with Crippen LogP contribution in [-0.4, -0.2) is 20.2 Å². The molecule has 3 heteroatoms. The van der Waals surface area contributed by atoms with E-state index in [1.165, 1.54) is 0 Å². The van der Waals surface area contributed by atoms with E-state index in [4.69, 9.17) is 10.5 Å². The minimum atomic E-state index is -0.0346. The SMILES string of the molecule is CCC(C)N(C)c1cccc(OC)c1[C@@H](C)N. The first-order valence-electron chi connectivity index (χ1n) is 6.18. The summed E-state index contributed by atoms with van der Waals surface area (Å²) in [7, 11) is 3.79.